The molecule has 35 heavy (non-hydrogen) atoms. The maximum Gasteiger partial charge on any atom is 0.401 e. The number of piperidine rings is 1. The summed E-state index contributed by atoms with van der Waals surface area (Å²) < 4.78 is 40.1. The summed E-state index contributed by atoms with van der Waals surface area (Å²) in [4.78, 5) is 28.9. The number of benzene rings is 2. The zero-order chi connectivity index (χ0) is 25.3. The summed E-state index contributed by atoms with van der Waals surface area (Å²) in [6.07, 6.45) is -3.13. The van der Waals surface area contributed by atoms with Crippen molar-refractivity contribution in [2.45, 2.75) is 45.3 Å². The first-order valence-electron chi connectivity index (χ1n) is 11.9. The molecule has 1 fully saturated rings. The Morgan fingerprint density at radius 3 is 2.31 bits per heavy atom. The zero-order valence-electron chi connectivity index (χ0n) is 20.2. The van der Waals surface area contributed by atoms with E-state index in [1.807, 2.05) is 44.2 Å². The summed E-state index contributed by atoms with van der Waals surface area (Å²) >= 11 is 0. The third kappa shape index (κ3) is 5.42. The van der Waals surface area contributed by atoms with Crippen LogP contribution < -0.4 is 10.5 Å². The Morgan fingerprint density at radius 1 is 1.06 bits per heavy atom. The number of carbonyl (C=O) groups is 1. The second-order valence-electron chi connectivity index (χ2n) is 9.28. The quantitative estimate of drug-likeness (QED) is 0.490. The molecule has 1 saturated heterocycles. The van der Waals surface area contributed by atoms with Crippen molar-refractivity contribution >= 4 is 22.5 Å². The van der Waals surface area contributed by atoms with Crippen molar-refractivity contribution in [3.63, 3.8) is 0 Å². The molecule has 0 saturated carbocycles. The maximum absolute atomic E-state index is 13.1. The number of halogens is 3. The number of anilines is 1. The smallest absolute Gasteiger partial charge is 0.311 e. The second kappa shape index (κ2) is 9.85. The summed E-state index contributed by atoms with van der Waals surface area (Å²) in [5.74, 6) is -0.162. The fourth-order valence-corrected chi connectivity index (χ4v) is 4.93. The van der Waals surface area contributed by atoms with Crippen molar-refractivity contribution in [2.75, 3.05) is 31.6 Å². The van der Waals surface area contributed by atoms with Crippen molar-refractivity contribution in [1.29, 1.82) is 0 Å². The molecule has 0 spiro atoms. The van der Waals surface area contributed by atoms with E-state index in [9.17, 15) is 22.8 Å². The van der Waals surface area contributed by atoms with Crippen molar-refractivity contribution in [3.05, 3.63) is 75.6 Å². The van der Waals surface area contributed by atoms with Crippen molar-refractivity contribution < 1.29 is 18.0 Å². The molecule has 3 aromatic rings. The third-order valence-corrected chi connectivity index (χ3v) is 6.86. The molecule has 2 aromatic carbocycles. The van der Waals surface area contributed by atoms with Crippen LogP contribution in [0.5, 0.6) is 0 Å². The third-order valence-electron chi connectivity index (χ3n) is 6.86. The van der Waals surface area contributed by atoms with Crippen LogP contribution in [0.3, 0.4) is 0 Å². The van der Waals surface area contributed by atoms with Crippen molar-refractivity contribution in [2.24, 2.45) is 0 Å². The number of alkyl halides is 3. The minimum atomic E-state index is -4.22. The van der Waals surface area contributed by atoms with E-state index in [4.69, 9.17) is 0 Å². The van der Waals surface area contributed by atoms with Crippen LogP contribution in [0.25, 0.3) is 10.9 Å². The summed E-state index contributed by atoms with van der Waals surface area (Å²) in [5.41, 5.74) is 3.84. The summed E-state index contributed by atoms with van der Waals surface area (Å²) in [7, 11) is 1.72. The topological polar surface area (TPSA) is 45.6 Å². The first kappa shape index (κ1) is 25.0. The molecule has 5 nitrogen and oxygen atoms in total. The molecule has 0 atom stereocenters. The van der Waals surface area contributed by atoms with Gasteiger partial charge in [0.15, 0.2) is 0 Å². The Labute approximate surface area is 202 Å². The van der Waals surface area contributed by atoms with Crippen LogP contribution in [0.1, 0.15) is 47.2 Å². The first-order chi connectivity index (χ1) is 16.6. The molecule has 186 valence electrons. The lowest BCUT2D eigenvalue weighted by Gasteiger charge is -2.33. The van der Waals surface area contributed by atoms with Gasteiger partial charge in [-0.15, -0.1) is 0 Å². The van der Waals surface area contributed by atoms with Gasteiger partial charge >= 0.3 is 6.18 Å². The average molecular weight is 486 g/mol. The molecule has 0 bridgehead atoms. The Hall–Kier alpha value is -3.13. The molecule has 0 radical (unpaired) electrons. The number of hydrogen-bond donors (Lipinski definition) is 0. The minimum absolute atomic E-state index is 0.0189. The normalized spacial score (nSPS) is 15.5. The Kier molecular flexibility index (Phi) is 7.03. The predicted octanol–water partition coefficient (Wildman–Crippen LogP) is 5.35. The van der Waals surface area contributed by atoms with Gasteiger partial charge in [0.1, 0.15) is 0 Å². The van der Waals surface area contributed by atoms with E-state index < -0.39 is 12.7 Å². The summed E-state index contributed by atoms with van der Waals surface area (Å²) in [5, 5.41) is 0.863. The van der Waals surface area contributed by atoms with E-state index >= 15 is 0 Å². The summed E-state index contributed by atoms with van der Waals surface area (Å²) in [6.45, 7) is 4.11. The molecule has 0 unspecified atom stereocenters. The van der Waals surface area contributed by atoms with Crippen LogP contribution in [-0.2, 0) is 6.54 Å². The SMILES string of the molecule is CCn1c(=O)cc(C2CCN(CC(F)(F)F)CC2)c2cc(N(C)C(=O)c3ccc(C)cc3)ccc21. The number of aromatic nitrogens is 1. The van der Waals surface area contributed by atoms with E-state index in [1.165, 1.54) is 4.90 Å². The lowest BCUT2D eigenvalue weighted by Crippen LogP contribution is -2.39. The number of carbonyl (C=O) groups excluding carboxylic acids is 1. The molecule has 2 heterocycles. The van der Waals surface area contributed by atoms with Gasteiger partial charge in [-0.05, 0) is 81.6 Å². The van der Waals surface area contributed by atoms with E-state index in [0.717, 1.165) is 22.0 Å². The van der Waals surface area contributed by atoms with Gasteiger partial charge in [-0.3, -0.25) is 14.5 Å². The van der Waals surface area contributed by atoms with E-state index in [0.29, 0.717) is 43.7 Å². The number of fused-ring (bicyclic) bond motifs is 1. The van der Waals surface area contributed by atoms with Crippen LogP contribution in [-0.4, -0.2) is 48.2 Å². The highest BCUT2D eigenvalue weighted by atomic mass is 19.4. The van der Waals surface area contributed by atoms with Crippen LogP contribution in [0.4, 0.5) is 18.9 Å². The van der Waals surface area contributed by atoms with E-state index in [2.05, 4.69) is 0 Å². The van der Waals surface area contributed by atoms with Gasteiger partial charge in [-0.2, -0.15) is 13.2 Å². The van der Waals surface area contributed by atoms with Gasteiger partial charge in [-0.1, -0.05) is 17.7 Å². The fraction of sp³-hybridized carbons (Fsp3) is 0.407. The minimum Gasteiger partial charge on any atom is -0.311 e. The van der Waals surface area contributed by atoms with Crippen LogP contribution >= 0.6 is 0 Å². The van der Waals surface area contributed by atoms with E-state index in [-0.39, 0.29) is 17.4 Å². The highest BCUT2D eigenvalue weighted by Crippen LogP contribution is 2.35. The Morgan fingerprint density at radius 2 is 1.71 bits per heavy atom. The summed E-state index contributed by atoms with van der Waals surface area (Å²) in [6, 6.07) is 14.6. The predicted molar refractivity (Wildman–Crippen MR) is 132 cm³/mol. The molecular formula is C27H30F3N3O2. The van der Waals surface area contributed by atoms with Gasteiger partial charge in [0.05, 0.1) is 12.1 Å². The largest absolute Gasteiger partial charge is 0.401 e. The van der Waals surface area contributed by atoms with Crippen LogP contribution in [0.15, 0.2) is 53.3 Å². The number of amides is 1. The Balaban J connectivity index is 1.69. The number of rotatable bonds is 5. The molecule has 1 aliphatic rings. The number of likely N-dealkylation sites (tertiary alicyclic amines) is 1. The van der Waals surface area contributed by atoms with Gasteiger partial charge in [-0.25, -0.2) is 0 Å². The molecule has 1 aliphatic heterocycles. The number of aryl methyl sites for hydroxylation is 2. The van der Waals surface area contributed by atoms with Crippen molar-refractivity contribution in [3.8, 4) is 0 Å². The highest BCUT2D eigenvalue weighted by Gasteiger charge is 2.33. The lowest BCUT2D eigenvalue weighted by atomic mass is 9.87. The van der Waals surface area contributed by atoms with Crippen LogP contribution in [0, 0.1) is 6.92 Å². The van der Waals surface area contributed by atoms with E-state index in [1.54, 1.807) is 34.7 Å². The molecule has 8 heteroatoms. The molecule has 0 aliphatic carbocycles. The van der Waals surface area contributed by atoms with Crippen LogP contribution in [0.2, 0.25) is 0 Å². The average Bonchev–Trinajstić information content (AvgIpc) is 2.82. The molecular weight excluding hydrogens is 455 g/mol. The van der Waals surface area contributed by atoms with Gasteiger partial charge < -0.3 is 9.47 Å². The molecule has 4 rings (SSSR count). The number of nitrogens with zero attached hydrogens (tertiary/aromatic N) is 3. The molecule has 0 N–H and O–H groups in total. The molecule has 1 aromatic heterocycles. The number of pyridine rings is 1. The van der Waals surface area contributed by atoms with Gasteiger partial charge in [0, 0.05) is 36.3 Å². The second-order valence-corrected chi connectivity index (χ2v) is 9.28. The standard InChI is InChI=1S/C27H30F3N3O2/c1-4-33-24-10-9-21(31(3)26(35)20-7-5-18(2)6-8-20)15-23(24)22(16-25(33)34)19-11-13-32(14-12-19)17-27(28,29)30/h5-10,15-16,19H,4,11-14,17H2,1-3H3. The Bertz CT molecular complexity index is 1270. The van der Waals surface area contributed by atoms with Crippen molar-refractivity contribution in [1.82, 2.24) is 9.47 Å². The molecule has 1 amide bonds. The highest BCUT2D eigenvalue weighted by molar-refractivity contribution is 6.06. The van der Waals surface area contributed by atoms with Gasteiger partial charge in [0.2, 0.25) is 0 Å². The first-order valence-corrected chi connectivity index (χ1v) is 11.9. The monoisotopic (exact) mass is 485 g/mol. The zero-order valence-corrected chi connectivity index (χ0v) is 20.2. The van der Waals surface area contributed by atoms with Gasteiger partial charge in [0.25, 0.3) is 11.5 Å². The number of hydrogen-bond acceptors (Lipinski definition) is 3. The lowest BCUT2D eigenvalue weighted by molar-refractivity contribution is -0.147. The maximum atomic E-state index is 13.1. The fourth-order valence-electron chi connectivity index (χ4n) is 4.93.